The first-order valence-corrected chi connectivity index (χ1v) is 6.08. The summed E-state index contributed by atoms with van der Waals surface area (Å²) in [6.45, 7) is 13.2. The molecule has 0 amide bonds. The predicted octanol–water partition coefficient (Wildman–Crippen LogP) is 3.46. The number of rotatable bonds is 5. The number of nitrogens with one attached hydrogen (secondary N) is 1. The standard InChI is InChI=1S/C15H22FNO/c1-11(9-17-15(3,4)5)10-18-14-7-6-13(16)8-12(14)2/h6-8,17H,1,9-10H2,2-5H3. The first-order valence-electron chi connectivity index (χ1n) is 6.08. The van der Waals surface area contributed by atoms with E-state index in [9.17, 15) is 4.39 Å². The molecule has 0 aromatic heterocycles. The fourth-order valence-electron chi connectivity index (χ4n) is 1.40. The van der Waals surface area contributed by atoms with Crippen molar-refractivity contribution in [3.8, 4) is 5.75 Å². The van der Waals surface area contributed by atoms with Gasteiger partial charge in [-0.05, 0) is 57.0 Å². The van der Waals surface area contributed by atoms with E-state index in [0.717, 1.165) is 11.1 Å². The van der Waals surface area contributed by atoms with E-state index in [4.69, 9.17) is 4.74 Å². The lowest BCUT2D eigenvalue weighted by molar-refractivity contribution is 0.339. The van der Waals surface area contributed by atoms with Crippen molar-refractivity contribution >= 4 is 0 Å². The Hall–Kier alpha value is -1.35. The van der Waals surface area contributed by atoms with Crippen LogP contribution >= 0.6 is 0 Å². The Morgan fingerprint density at radius 3 is 2.61 bits per heavy atom. The van der Waals surface area contributed by atoms with Crippen LogP contribution in [-0.4, -0.2) is 18.7 Å². The van der Waals surface area contributed by atoms with Gasteiger partial charge in [0.2, 0.25) is 0 Å². The molecule has 100 valence electrons. The molecule has 0 bridgehead atoms. The normalized spacial score (nSPS) is 11.4. The Morgan fingerprint density at radius 2 is 2.06 bits per heavy atom. The number of hydrogen-bond acceptors (Lipinski definition) is 2. The van der Waals surface area contributed by atoms with Crippen LogP contribution in [0.15, 0.2) is 30.4 Å². The van der Waals surface area contributed by atoms with Crippen molar-refractivity contribution in [1.82, 2.24) is 5.32 Å². The number of benzene rings is 1. The monoisotopic (exact) mass is 251 g/mol. The fraction of sp³-hybridized carbons (Fsp3) is 0.467. The van der Waals surface area contributed by atoms with Crippen LogP contribution in [0.5, 0.6) is 5.75 Å². The Bertz CT molecular complexity index is 421. The molecule has 0 aliphatic rings. The molecule has 1 aromatic carbocycles. The highest BCUT2D eigenvalue weighted by Crippen LogP contribution is 2.18. The van der Waals surface area contributed by atoms with Crippen LogP contribution in [0.2, 0.25) is 0 Å². The summed E-state index contributed by atoms with van der Waals surface area (Å²) < 4.78 is 18.5. The molecule has 3 heteroatoms. The van der Waals surface area contributed by atoms with Crippen molar-refractivity contribution in [2.24, 2.45) is 0 Å². The molecule has 1 rings (SSSR count). The summed E-state index contributed by atoms with van der Waals surface area (Å²) in [6.07, 6.45) is 0. The molecule has 0 spiro atoms. The van der Waals surface area contributed by atoms with E-state index >= 15 is 0 Å². The molecule has 1 N–H and O–H groups in total. The minimum atomic E-state index is -0.243. The highest BCUT2D eigenvalue weighted by Gasteiger charge is 2.09. The van der Waals surface area contributed by atoms with Crippen LogP contribution in [0.3, 0.4) is 0 Å². The van der Waals surface area contributed by atoms with E-state index in [1.165, 1.54) is 12.1 Å². The second-order valence-electron chi connectivity index (χ2n) is 5.55. The van der Waals surface area contributed by atoms with Gasteiger partial charge in [-0.2, -0.15) is 0 Å². The topological polar surface area (TPSA) is 21.3 Å². The zero-order valence-electron chi connectivity index (χ0n) is 11.6. The third-order valence-corrected chi connectivity index (χ3v) is 2.44. The van der Waals surface area contributed by atoms with Gasteiger partial charge < -0.3 is 10.1 Å². The lowest BCUT2D eigenvalue weighted by Crippen LogP contribution is -2.37. The Morgan fingerprint density at radius 1 is 1.39 bits per heavy atom. The van der Waals surface area contributed by atoms with Crippen molar-refractivity contribution in [1.29, 1.82) is 0 Å². The number of halogens is 1. The van der Waals surface area contributed by atoms with Gasteiger partial charge in [0.1, 0.15) is 18.2 Å². The van der Waals surface area contributed by atoms with E-state index in [-0.39, 0.29) is 11.4 Å². The summed E-state index contributed by atoms with van der Waals surface area (Å²) in [6, 6.07) is 4.51. The first kappa shape index (κ1) is 14.7. The van der Waals surface area contributed by atoms with Crippen LogP contribution in [0, 0.1) is 12.7 Å². The molecule has 0 unspecified atom stereocenters. The van der Waals surface area contributed by atoms with Gasteiger partial charge in [0.15, 0.2) is 0 Å². The zero-order valence-corrected chi connectivity index (χ0v) is 11.6. The smallest absolute Gasteiger partial charge is 0.123 e. The van der Waals surface area contributed by atoms with Crippen LogP contribution in [0.1, 0.15) is 26.3 Å². The van der Waals surface area contributed by atoms with Crippen molar-refractivity contribution in [2.45, 2.75) is 33.2 Å². The molecule has 1 aromatic rings. The second kappa shape index (κ2) is 6.01. The molecule has 0 aliphatic heterocycles. The third-order valence-electron chi connectivity index (χ3n) is 2.44. The van der Waals surface area contributed by atoms with Crippen molar-refractivity contribution in [3.63, 3.8) is 0 Å². The van der Waals surface area contributed by atoms with Gasteiger partial charge in [-0.15, -0.1) is 0 Å². The number of ether oxygens (including phenoxy) is 1. The van der Waals surface area contributed by atoms with Crippen LogP contribution in [-0.2, 0) is 0 Å². The summed E-state index contributed by atoms with van der Waals surface area (Å²) >= 11 is 0. The maximum Gasteiger partial charge on any atom is 0.123 e. The maximum absolute atomic E-state index is 12.9. The molecule has 0 radical (unpaired) electrons. The first-order chi connectivity index (χ1) is 8.28. The van der Waals surface area contributed by atoms with E-state index in [1.54, 1.807) is 6.07 Å². The van der Waals surface area contributed by atoms with E-state index in [0.29, 0.717) is 18.9 Å². The summed E-state index contributed by atoms with van der Waals surface area (Å²) in [7, 11) is 0. The van der Waals surface area contributed by atoms with Gasteiger partial charge in [0, 0.05) is 12.1 Å². The van der Waals surface area contributed by atoms with Crippen LogP contribution in [0.25, 0.3) is 0 Å². The summed E-state index contributed by atoms with van der Waals surface area (Å²) in [5.41, 5.74) is 1.83. The number of aryl methyl sites for hydroxylation is 1. The van der Waals surface area contributed by atoms with Crippen LogP contribution < -0.4 is 10.1 Å². The highest BCUT2D eigenvalue weighted by molar-refractivity contribution is 5.32. The fourth-order valence-corrected chi connectivity index (χ4v) is 1.40. The van der Waals surface area contributed by atoms with Gasteiger partial charge in [-0.1, -0.05) is 6.58 Å². The minimum Gasteiger partial charge on any atom is -0.489 e. The maximum atomic E-state index is 12.9. The van der Waals surface area contributed by atoms with E-state index in [2.05, 4.69) is 32.7 Å². The molecule has 0 saturated carbocycles. The summed E-state index contributed by atoms with van der Waals surface area (Å²) in [4.78, 5) is 0. The molecule has 0 heterocycles. The van der Waals surface area contributed by atoms with Crippen LogP contribution in [0.4, 0.5) is 4.39 Å². The molecule has 18 heavy (non-hydrogen) atoms. The van der Waals surface area contributed by atoms with Crippen molar-refractivity contribution < 1.29 is 9.13 Å². The Balaban J connectivity index is 2.43. The number of hydrogen-bond donors (Lipinski definition) is 1. The quantitative estimate of drug-likeness (QED) is 0.809. The van der Waals surface area contributed by atoms with E-state index in [1.807, 2.05) is 6.92 Å². The molecule has 0 fully saturated rings. The molecular weight excluding hydrogens is 229 g/mol. The molecule has 0 saturated heterocycles. The summed E-state index contributed by atoms with van der Waals surface area (Å²) in [5, 5.41) is 3.34. The molecule has 0 aliphatic carbocycles. The predicted molar refractivity (Wildman–Crippen MR) is 73.5 cm³/mol. The largest absolute Gasteiger partial charge is 0.489 e. The third kappa shape index (κ3) is 5.32. The summed E-state index contributed by atoms with van der Waals surface area (Å²) in [5.74, 6) is 0.460. The lowest BCUT2D eigenvalue weighted by atomic mass is 10.1. The van der Waals surface area contributed by atoms with Crippen molar-refractivity contribution in [2.75, 3.05) is 13.2 Å². The highest BCUT2D eigenvalue weighted by atomic mass is 19.1. The average molecular weight is 251 g/mol. The SMILES string of the molecule is C=C(CNC(C)(C)C)COc1ccc(F)cc1C. The lowest BCUT2D eigenvalue weighted by Gasteiger charge is -2.21. The zero-order chi connectivity index (χ0) is 13.8. The van der Waals surface area contributed by atoms with Gasteiger partial charge >= 0.3 is 0 Å². The Kier molecular flexibility index (Phi) is 4.91. The van der Waals surface area contributed by atoms with Gasteiger partial charge in [0.25, 0.3) is 0 Å². The van der Waals surface area contributed by atoms with E-state index < -0.39 is 0 Å². The Labute approximate surface area is 109 Å². The van der Waals surface area contributed by atoms with Gasteiger partial charge in [-0.3, -0.25) is 0 Å². The van der Waals surface area contributed by atoms with Gasteiger partial charge in [0.05, 0.1) is 0 Å². The minimum absolute atomic E-state index is 0.0642. The second-order valence-corrected chi connectivity index (χ2v) is 5.55. The average Bonchev–Trinajstić information content (AvgIpc) is 2.24. The molecular formula is C15H22FNO. The van der Waals surface area contributed by atoms with Crippen molar-refractivity contribution in [3.05, 3.63) is 41.7 Å². The molecule has 0 atom stereocenters. The molecule has 2 nitrogen and oxygen atoms in total. The van der Waals surface area contributed by atoms with Gasteiger partial charge in [-0.25, -0.2) is 4.39 Å².